The Hall–Kier alpha value is -0.710. The van der Waals surface area contributed by atoms with Crippen molar-refractivity contribution in [1.82, 2.24) is 0 Å². The molecule has 1 aromatic rings. The number of hydrogen-bond donors (Lipinski definition) is 1. The molecule has 0 amide bonds. The molecule has 4 heteroatoms. The van der Waals surface area contributed by atoms with E-state index in [1.54, 1.807) is 6.08 Å². The number of carbonyl (C=O) groups excluding carboxylic acids is 1. The summed E-state index contributed by atoms with van der Waals surface area (Å²) in [4.78, 5) is 10.1. The molecule has 16 heavy (non-hydrogen) atoms. The highest BCUT2D eigenvalue weighted by Gasteiger charge is 2.37. The van der Waals surface area contributed by atoms with Crippen molar-refractivity contribution in [3.63, 3.8) is 0 Å². The summed E-state index contributed by atoms with van der Waals surface area (Å²) < 4.78 is 0.888. The Labute approximate surface area is 103 Å². The van der Waals surface area contributed by atoms with Crippen LogP contribution in [0.1, 0.15) is 12.5 Å². The Bertz CT molecular complexity index is 428. The average molecular weight is 252 g/mol. The van der Waals surface area contributed by atoms with E-state index in [0.717, 1.165) is 9.80 Å². The summed E-state index contributed by atoms with van der Waals surface area (Å²) in [6.07, 6.45) is 1.58. The SMILES string of the molecule is CC(=O)/C=C1\SCC(O)(c2ccccc2)S1. The van der Waals surface area contributed by atoms with Crippen molar-refractivity contribution in [2.75, 3.05) is 5.75 Å². The van der Waals surface area contributed by atoms with Gasteiger partial charge in [-0.3, -0.25) is 4.79 Å². The van der Waals surface area contributed by atoms with Crippen molar-refractivity contribution >= 4 is 29.3 Å². The molecule has 1 fully saturated rings. The lowest BCUT2D eigenvalue weighted by atomic mass is 10.1. The van der Waals surface area contributed by atoms with Gasteiger partial charge in [0.25, 0.3) is 0 Å². The van der Waals surface area contributed by atoms with Crippen LogP contribution in [0.3, 0.4) is 0 Å². The number of aliphatic hydroxyl groups is 1. The summed E-state index contributed by atoms with van der Waals surface area (Å²) >= 11 is 2.88. The third-order valence-electron chi connectivity index (χ3n) is 2.23. The maximum Gasteiger partial charge on any atom is 0.154 e. The maximum atomic E-state index is 11.0. The average Bonchev–Trinajstić information content (AvgIpc) is 2.62. The molecule has 0 saturated carbocycles. The van der Waals surface area contributed by atoms with Crippen molar-refractivity contribution in [2.24, 2.45) is 0 Å². The summed E-state index contributed by atoms with van der Waals surface area (Å²) in [6, 6.07) is 9.55. The van der Waals surface area contributed by atoms with Crippen LogP contribution in [0.15, 0.2) is 40.6 Å². The Balaban J connectivity index is 2.21. The van der Waals surface area contributed by atoms with Crippen LogP contribution in [-0.4, -0.2) is 16.6 Å². The zero-order valence-electron chi connectivity index (χ0n) is 8.84. The van der Waals surface area contributed by atoms with Crippen molar-refractivity contribution in [3.05, 3.63) is 46.2 Å². The van der Waals surface area contributed by atoms with E-state index in [1.165, 1.54) is 30.4 Å². The zero-order chi connectivity index (χ0) is 11.6. The molecule has 1 N–H and O–H groups in total. The largest absolute Gasteiger partial charge is 0.374 e. The molecule has 84 valence electrons. The molecule has 1 atom stereocenters. The van der Waals surface area contributed by atoms with Crippen molar-refractivity contribution in [3.8, 4) is 0 Å². The Morgan fingerprint density at radius 2 is 2.12 bits per heavy atom. The number of benzene rings is 1. The highest BCUT2D eigenvalue weighted by Crippen LogP contribution is 2.52. The Morgan fingerprint density at radius 1 is 1.44 bits per heavy atom. The van der Waals surface area contributed by atoms with E-state index in [1.807, 2.05) is 30.3 Å². The smallest absolute Gasteiger partial charge is 0.154 e. The predicted octanol–water partition coefficient (Wildman–Crippen LogP) is 2.74. The van der Waals surface area contributed by atoms with E-state index >= 15 is 0 Å². The predicted molar refractivity (Wildman–Crippen MR) is 69.2 cm³/mol. The first-order chi connectivity index (χ1) is 7.60. The molecule has 0 bridgehead atoms. The summed E-state index contributed by atoms with van der Waals surface area (Å²) in [7, 11) is 0. The van der Waals surface area contributed by atoms with E-state index in [4.69, 9.17) is 0 Å². The fourth-order valence-electron chi connectivity index (χ4n) is 1.47. The zero-order valence-corrected chi connectivity index (χ0v) is 10.5. The topological polar surface area (TPSA) is 37.3 Å². The van der Waals surface area contributed by atoms with E-state index < -0.39 is 4.93 Å². The second kappa shape index (κ2) is 4.65. The minimum absolute atomic E-state index is 0.0207. The highest BCUT2D eigenvalue weighted by atomic mass is 32.2. The monoisotopic (exact) mass is 252 g/mol. The van der Waals surface area contributed by atoms with Crippen molar-refractivity contribution < 1.29 is 9.90 Å². The van der Waals surface area contributed by atoms with Crippen LogP contribution in [0.25, 0.3) is 0 Å². The minimum Gasteiger partial charge on any atom is -0.374 e. The normalized spacial score (nSPS) is 27.2. The number of allylic oxidation sites excluding steroid dienone is 1. The van der Waals surface area contributed by atoms with E-state index in [9.17, 15) is 9.90 Å². The molecule has 0 radical (unpaired) electrons. The molecule has 1 heterocycles. The third-order valence-corrected chi connectivity index (χ3v) is 5.01. The molecular formula is C12H12O2S2. The van der Waals surface area contributed by atoms with Crippen LogP contribution in [0.5, 0.6) is 0 Å². The highest BCUT2D eigenvalue weighted by molar-refractivity contribution is 8.25. The molecule has 0 aliphatic carbocycles. The van der Waals surface area contributed by atoms with Crippen LogP contribution in [0.4, 0.5) is 0 Å². The van der Waals surface area contributed by atoms with Gasteiger partial charge in [0.1, 0.15) is 4.93 Å². The first-order valence-electron chi connectivity index (χ1n) is 4.92. The number of thioether (sulfide) groups is 2. The lowest BCUT2D eigenvalue weighted by molar-refractivity contribution is -0.112. The lowest BCUT2D eigenvalue weighted by Crippen LogP contribution is -2.20. The molecule has 0 aromatic heterocycles. The second-order valence-corrected chi connectivity index (χ2v) is 6.21. The van der Waals surface area contributed by atoms with Gasteiger partial charge >= 0.3 is 0 Å². The molecule has 0 spiro atoms. The van der Waals surface area contributed by atoms with Gasteiger partial charge in [-0.15, -0.1) is 11.8 Å². The number of ketones is 1. The van der Waals surface area contributed by atoms with Gasteiger partial charge in [0.2, 0.25) is 0 Å². The molecule has 1 aliphatic heterocycles. The van der Waals surface area contributed by atoms with E-state index in [-0.39, 0.29) is 5.78 Å². The number of carbonyl (C=O) groups is 1. The fraction of sp³-hybridized carbons (Fsp3) is 0.250. The summed E-state index contributed by atoms with van der Waals surface area (Å²) in [6.45, 7) is 1.52. The van der Waals surface area contributed by atoms with Gasteiger partial charge in [0, 0.05) is 16.1 Å². The van der Waals surface area contributed by atoms with Gasteiger partial charge < -0.3 is 5.11 Å². The molecular weight excluding hydrogens is 240 g/mol. The molecule has 1 aromatic carbocycles. The standard InChI is InChI=1S/C12H12O2S2/c1-9(13)7-11-15-8-12(14,16-11)10-5-3-2-4-6-10/h2-7,14H,8H2,1H3/b11-7+. The third kappa shape index (κ3) is 2.51. The van der Waals surface area contributed by atoms with E-state index in [2.05, 4.69) is 0 Å². The second-order valence-electron chi connectivity index (χ2n) is 3.62. The van der Waals surface area contributed by atoms with Crippen LogP contribution < -0.4 is 0 Å². The first-order valence-corrected chi connectivity index (χ1v) is 6.72. The van der Waals surface area contributed by atoms with Crippen LogP contribution in [0, 0.1) is 0 Å². The van der Waals surface area contributed by atoms with Gasteiger partial charge in [-0.25, -0.2) is 0 Å². The fourth-order valence-corrected chi connectivity index (χ4v) is 4.28. The van der Waals surface area contributed by atoms with Crippen LogP contribution in [-0.2, 0) is 9.73 Å². The molecule has 2 rings (SSSR count). The maximum absolute atomic E-state index is 11.0. The Kier molecular flexibility index (Phi) is 3.42. The quantitative estimate of drug-likeness (QED) is 0.821. The summed E-state index contributed by atoms with van der Waals surface area (Å²) in [5, 5.41) is 10.4. The Morgan fingerprint density at radius 3 is 2.75 bits per heavy atom. The number of hydrogen-bond acceptors (Lipinski definition) is 4. The van der Waals surface area contributed by atoms with Crippen LogP contribution in [0.2, 0.25) is 0 Å². The van der Waals surface area contributed by atoms with Crippen LogP contribution >= 0.6 is 23.5 Å². The van der Waals surface area contributed by atoms with Gasteiger partial charge in [-0.05, 0) is 12.5 Å². The molecule has 1 unspecified atom stereocenters. The molecule has 2 nitrogen and oxygen atoms in total. The van der Waals surface area contributed by atoms with Gasteiger partial charge in [0.05, 0.1) is 0 Å². The molecule has 1 aliphatic rings. The van der Waals surface area contributed by atoms with Gasteiger partial charge in [0.15, 0.2) is 5.78 Å². The first kappa shape index (κ1) is 11.8. The summed E-state index contributed by atoms with van der Waals surface area (Å²) in [5.74, 6) is 0.605. The van der Waals surface area contributed by atoms with Gasteiger partial charge in [-0.2, -0.15) is 0 Å². The number of rotatable bonds is 2. The van der Waals surface area contributed by atoms with Crippen molar-refractivity contribution in [1.29, 1.82) is 0 Å². The van der Waals surface area contributed by atoms with E-state index in [0.29, 0.717) is 5.75 Å². The summed E-state index contributed by atoms with van der Waals surface area (Å²) in [5.41, 5.74) is 0.888. The minimum atomic E-state index is -0.896. The molecule has 1 saturated heterocycles. The van der Waals surface area contributed by atoms with Gasteiger partial charge in [-0.1, -0.05) is 42.1 Å². The van der Waals surface area contributed by atoms with Crippen molar-refractivity contribution in [2.45, 2.75) is 11.9 Å². The lowest BCUT2D eigenvalue weighted by Gasteiger charge is -2.20.